The lowest BCUT2D eigenvalue weighted by Gasteiger charge is -2.47. The molecule has 1 amide bonds. The van der Waals surface area contributed by atoms with E-state index in [0.717, 1.165) is 18.2 Å². The number of aliphatic hydroxyl groups is 1. The molecule has 0 bridgehead atoms. The van der Waals surface area contributed by atoms with E-state index in [9.17, 15) is 23.9 Å². The summed E-state index contributed by atoms with van der Waals surface area (Å²) >= 11 is 0. The summed E-state index contributed by atoms with van der Waals surface area (Å²) in [5, 5.41) is 28.2. The van der Waals surface area contributed by atoms with Gasteiger partial charge in [0, 0.05) is 32.4 Å². The van der Waals surface area contributed by atoms with Crippen LogP contribution in [0.3, 0.4) is 0 Å². The Morgan fingerprint density at radius 2 is 1.88 bits per heavy atom. The van der Waals surface area contributed by atoms with Gasteiger partial charge in [0.15, 0.2) is 11.4 Å². The summed E-state index contributed by atoms with van der Waals surface area (Å²) in [6.45, 7) is 2.24. The highest BCUT2D eigenvalue weighted by Gasteiger charge is 2.40. The molecule has 172 valence electrons. The van der Waals surface area contributed by atoms with Crippen molar-refractivity contribution in [3.8, 4) is 5.75 Å². The molecule has 5 N–H and O–H groups in total. The number of fused-ring (bicyclic) bond motifs is 2. The summed E-state index contributed by atoms with van der Waals surface area (Å²) in [5.41, 5.74) is 4.43. The molecule has 1 aromatic carbocycles. The van der Waals surface area contributed by atoms with Crippen molar-refractivity contribution in [2.75, 3.05) is 26.2 Å². The maximum atomic E-state index is 12.6. The number of carboxylic acids is 1. The lowest BCUT2D eigenvalue weighted by Crippen LogP contribution is -2.61. The van der Waals surface area contributed by atoms with Gasteiger partial charge in [-0.2, -0.15) is 0 Å². The van der Waals surface area contributed by atoms with Gasteiger partial charge in [0.1, 0.15) is 17.5 Å². The minimum Gasteiger partial charge on any atom is -0.503 e. The molecule has 0 spiro atoms. The van der Waals surface area contributed by atoms with Gasteiger partial charge in [0.05, 0.1) is 13.2 Å². The summed E-state index contributed by atoms with van der Waals surface area (Å²) in [4.78, 5) is 39.1. The third kappa shape index (κ3) is 4.64. The molecule has 3 heterocycles. The Balaban J connectivity index is 0.000000269. The lowest BCUT2D eigenvalue weighted by atomic mass is 10.1. The molecule has 1 atom stereocenters. The first-order valence-corrected chi connectivity index (χ1v) is 10.1. The van der Waals surface area contributed by atoms with Crippen LogP contribution in [0.1, 0.15) is 32.8 Å². The molecule has 1 fully saturated rings. The van der Waals surface area contributed by atoms with Crippen molar-refractivity contribution in [1.29, 1.82) is 0 Å². The molecule has 32 heavy (non-hydrogen) atoms. The van der Waals surface area contributed by atoms with Crippen molar-refractivity contribution in [3.63, 3.8) is 0 Å². The van der Waals surface area contributed by atoms with E-state index < -0.39 is 28.6 Å². The van der Waals surface area contributed by atoms with Crippen LogP contribution in [0.15, 0.2) is 35.3 Å². The van der Waals surface area contributed by atoms with E-state index in [4.69, 9.17) is 15.9 Å². The van der Waals surface area contributed by atoms with Crippen molar-refractivity contribution in [3.05, 3.63) is 63.3 Å². The Morgan fingerprint density at radius 1 is 1.19 bits per heavy atom. The fourth-order valence-corrected chi connectivity index (χ4v) is 3.88. The number of nitrogens with two attached hydrogens (primary N) is 1. The Bertz CT molecular complexity index is 1050. The average molecular weight is 448 g/mol. The predicted octanol–water partition coefficient (Wildman–Crippen LogP) is 0.0164. The Labute approximate surface area is 182 Å². The summed E-state index contributed by atoms with van der Waals surface area (Å²) in [6.07, 6.45) is 1.49. The van der Waals surface area contributed by atoms with Crippen LogP contribution >= 0.6 is 0 Å². The number of hydrogen-bond acceptors (Lipinski definition) is 7. The molecule has 1 saturated heterocycles. The molecule has 11 heteroatoms. The van der Waals surface area contributed by atoms with Crippen LogP contribution in [0, 0.1) is 5.82 Å². The Hall–Kier alpha value is -3.28. The topological polar surface area (TPSA) is 149 Å². The van der Waals surface area contributed by atoms with E-state index in [1.807, 2.05) is 4.90 Å². The highest BCUT2D eigenvalue weighted by Crippen LogP contribution is 2.27. The number of pyridine rings is 1. The number of nitrogens with zero attached hydrogens (tertiary/aromatic N) is 3. The molecular weight excluding hydrogens is 423 g/mol. The van der Waals surface area contributed by atoms with Crippen LogP contribution < -0.4 is 11.2 Å². The second-order valence-electron chi connectivity index (χ2n) is 7.45. The number of aromatic carboxylic acids is 1. The van der Waals surface area contributed by atoms with Crippen molar-refractivity contribution in [2.45, 2.75) is 25.7 Å². The maximum absolute atomic E-state index is 12.6. The quantitative estimate of drug-likeness (QED) is 0.511. The number of rotatable bonds is 4. The summed E-state index contributed by atoms with van der Waals surface area (Å²) in [6, 6.07) is 6.16. The number of β-amino-alcohol motifs (C(OH)–C–C–N with tert-alkyl or cyclic N) is 1. The van der Waals surface area contributed by atoms with Gasteiger partial charge in [-0.3, -0.25) is 14.5 Å². The van der Waals surface area contributed by atoms with Gasteiger partial charge in [0.2, 0.25) is 5.43 Å². The van der Waals surface area contributed by atoms with Gasteiger partial charge >= 0.3 is 5.97 Å². The van der Waals surface area contributed by atoms with E-state index >= 15 is 0 Å². The first-order valence-electron chi connectivity index (χ1n) is 10.1. The normalized spacial score (nSPS) is 17.8. The van der Waals surface area contributed by atoms with Crippen LogP contribution in [-0.2, 0) is 13.1 Å². The van der Waals surface area contributed by atoms with Gasteiger partial charge in [-0.05, 0) is 24.1 Å². The van der Waals surface area contributed by atoms with E-state index in [1.54, 1.807) is 17.0 Å². The molecule has 1 aromatic heterocycles. The molecule has 0 aliphatic carbocycles. The number of benzene rings is 1. The number of aromatic nitrogens is 1. The smallest absolute Gasteiger partial charge is 0.341 e. The molecule has 0 radical (unpaired) electrons. The van der Waals surface area contributed by atoms with Crippen molar-refractivity contribution < 1.29 is 29.3 Å². The molecule has 10 nitrogen and oxygen atoms in total. The predicted molar refractivity (Wildman–Crippen MR) is 112 cm³/mol. The van der Waals surface area contributed by atoms with Gasteiger partial charge in [-0.25, -0.2) is 9.18 Å². The Kier molecular flexibility index (Phi) is 7.23. The fourth-order valence-electron chi connectivity index (χ4n) is 3.88. The van der Waals surface area contributed by atoms with Gasteiger partial charge in [0.25, 0.3) is 5.91 Å². The second-order valence-corrected chi connectivity index (χ2v) is 7.45. The molecular formula is C21H25FN4O6. The molecule has 4 rings (SSSR count). The van der Waals surface area contributed by atoms with Gasteiger partial charge in [-0.15, -0.1) is 0 Å². The SMILES string of the molecule is NCc1ccc(F)cc1.O=C(O)c1cn2c(c(O)c1=O)C(=O)N1CCCN(CCO)C1C2. The number of amides is 1. The van der Waals surface area contributed by atoms with Crippen LogP contribution in [0.5, 0.6) is 5.75 Å². The van der Waals surface area contributed by atoms with E-state index in [-0.39, 0.29) is 30.8 Å². The first kappa shape index (κ1) is 23.4. The summed E-state index contributed by atoms with van der Waals surface area (Å²) in [7, 11) is 0. The minimum absolute atomic E-state index is 0.0544. The third-order valence-electron chi connectivity index (χ3n) is 5.47. The largest absolute Gasteiger partial charge is 0.503 e. The van der Waals surface area contributed by atoms with Crippen LogP contribution in [0.4, 0.5) is 4.39 Å². The maximum Gasteiger partial charge on any atom is 0.341 e. The molecule has 2 aliphatic rings. The van der Waals surface area contributed by atoms with E-state index in [0.29, 0.717) is 26.2 Å². The molecule has 2 aromatic rings. The highest BCUT2D eigenvalue weighted by atomic mass is 19.1. The monoisotopic (exact) mass is 448 g/mol. The average Bonchev–Trinajstić information content (AvgIpc) is 2.77. The highest BCUT2D eigenvalue weighted by molar-refractivity contribution is 5.97. The molecule has 1 unspecified atom stereocenters. The number of carboxylic acid groups (broad SMARTS) is 1. The number of hydrogen-bond donors (Lipinski definition) is 4. The van der Waals surface area contributed by atoms with Crippen molar-refractivity contribution >= 4 is 11.9 Å². The van der Waals surface area contributed by atoms with Crippen LogP contribution in [-0.4, -0.2) is 74.0 Å². The standard InChI is InChI=1S/C14H17N3O6.C7H8FN/c18-5-4-15-2-1-3-17-9(15)7-16-6-8(14(22)23)11(19)12(20)10(16)13(17)21;8-7-3-1-6(5-9)2-4-7/h6,9,18,20H,1-5,7H2,(H,22,23);1-4H,5,9H2. The van der Waals surface area contributed by atoms with Crippen molar-refractivity contribution in [2.24, 2.45) is 5.73 Å². The zero-order valence-electron chi connectivity index (χ0n) is 17.3. The number of carbonyl (C=O) groups is 2. The zero-order valence-corrected chi connectivity index (χ0v) is 17.3. The fraction of sp³-hybridized carbons (Fsp3) is 0.381. The summed E-state index contributed by atoms with van der Waals surface area (Å²) in [5.74, 6) is -3.00. The second kappa shape index (κ2) is 9.90. The van der Waals surface area contributed by atoms with E-state index in [1.165, 1.54) is 16.7 Å². The minimum atomic E-state index is -1.45. The zero-order chi connectivity index (χ0) is 23.4. The van der Waals surface area contributed by atoms with Gasteiger partial charge in [-0.1, -0.05) is 12.1 Å². The number of halogens is 1. The van der Waals surface area contributed by atoms with Crippen LogP contribution in [0.2, 0.25) is 0 Å². The third-order valence-corrected chi connectivity index (χ3v) is 5.47. The number of aliphatic hydroxyl groups excluding tert-OH is 1. The molecule has 0 saturated carbocycles. The van der Waals surface area contributed by atoms with Gasteiger partial charge < -0.3 is 30.5 Å². The van der Waals surface area contributed by atoms with E-state index in [2.05, 4.69) is 0 Å². The number of aromatic hydroxyl groups is 1. The number of carbonyl (C=O) groups excluding carboxylic acids is 1. The van der Waals surface area contributed by atoms with Crippen LogP contribution in [0.25, 0.3) is 0 Å². The van der Waals surface area contributed by atoms with Crippen molar-refractivity contribution in [1.82, 2.24) is 14.4 Å². The Morgan fingerprint density at radius 3 is 2.47 bits per heavy atom. The lowest BCUT2D eigenvalue weighted by molar-refractivity contribution is -0.0158. The first-order chi connectivity index (χ1) is 15.3. The summed E-state index contributed by atoms with van der Waals surface area (Å²) < 4.78 is 13.5. The molecule has 2 aliphatic heterocycles.